The van der Waals surface area contributed by atoms with Crippen LogP contribution in [0.5, 0.6) is 0 Å². The van der Waals surface area contributed by atoms with Gasteiger partial charge >= 0.3 is 17.9 Å². The molecule has 0 saturated heterocycles. The molecular weight excluding hydrogens is 769 g/mol. The first-order chi connectivity index (χ1) is 30.5. The van der Waals surface area contributed by atoms with Gasteiger partial charge in [0.25, 0.3) is 0 Å². The van der Waals surface area contributed by atoms with Gasteiger partial charge in [0, 0.05) is 19.3 Å². The number of unbranched alkanes of at least 4 members (excludes halogenated alkanes) is 26. The van der Waals surface area contributed by atoms with Crippen LogP contribution in [0.4, 0.5) is 0 Å². The van der Waals surface area contributed by atoms with E-state index in [0.29, 0.717) is 19.3 Å². The van der Waals surface area contributed by atoms with Gasteiger partial charge in [0.05, 0.1) is 0 Å². The van der Waals surface area contributed by atoms with Gasteiger partial charge in [-0.3, -0.25) is 14.4 Å². The Morgan fingerprint density at radius 3 is 1.03 bits per heavy atom. The van der Waals surface area contributed by atoms with Crippen LogP contribution in [0.15, 0.2) is 60.8 Å². The zero-order valence-electron chi connectivity index (χ0n) is 40.9. The van der Waals surface area contributed by atoms with Gasteiger partial charge in [-0.25, -0.2) is 0 Å². The number of esters is 3. The van der Waals surface area contributed by atoms with Crippen molar-refractivity contribution in [2.75, 3.05) is 13.2 Å². The molecule has 0 aliphatic rings. The highest BCUT2D eigenvalue weighted by Gasteiger charge is 2.19. The highest BCUT2D eigenvalue weighted by atomic mass is 16.6. The van der Waals surface area contributed by atoms with Gasteiger partial charge in [-0.2, -0.15) is 0 Å². The Bertz CT molecular complexity index is 1130. The molecule has 0 aromatic rings. The molecule has 0 N–H and O–H groups in total. The zero-order chi connectivity index (χ0) is 45.1. The highest BCUT2D eigenvalue weighted by Crippen LogP contribution is 2.15. The molecule has 358 valence electrons. The van der Waals surface area contributed by atoms with Crippen molar-refractivity contribution in [2.24, 2.45) is 0 Å². The number of hydrogen-bond acceptors (Lipinski definition) is 6. The average molecular weight is 867 g/mol. The Balaban J connectivity index is 4.44. The van der Waals surface area contributed by atoms with E-state index in [4.69, 9.17) is 14.2 Å². The fraction of sp³-hybridized carbons (Fsp3) is 0.768. The second-order valence-corrected chi connectivity index (χ2v) is 17.4. The summed E-state index contributed by atoms with van der Waals surface area (Å²) >= 11 is 0. The van der Waals surface area contributed by atoms with E-state index in [9.17, 15) is 14.4 Å². The first-order valence-corrected chi connectivity index (χ1v) is 26.3. The molecule has 0 fully saturated rings. The molecule has 0 unspecified atom stereocenters. The monoisotopic (exact) mass is 867 g/mol. The van der Waals surface area contributed by atoms with E-state index < -0.39 is 6.10 Å². The van der Waals surface area contributed by atoms with Crippen LogP contribution in [0.1, 0.15) is 258 Å². The Morgan fingerprint density at radius 1 is 0.339 bits per heavy atom. The highest BCUT2D eigenvalue weighted by molar-refractivity contribution is 5.71. The minimum atomic E-state index is -0.796. The van der Waals surface area contributed by atoms with Gasteiger partial charge in [0.15, 0.2) is 6.10 Å². The van der Waals surface area contributed by atoms with E-state index in [1.165, 1.54) is 128 Å². The summed E-state index contributed by atoms with van der Waals surface area (Å²) in [6.07, 6.45) is 62.0. The molecule has 0 aromatic carbocycles. The first-order valence-electron chi connectivity index (χ1n) is 26.3. The predicted molar refractivity (Wildman–Crippen MR) is 265 cm³/mol. The molecule has 0 aliphatic carbocycles. The van der Waals surface area contributed by atoms with Gasteiger partial charge in [-0.05, 0) is 83.5 Å². The molecule has 0 aromatic heterocycles. The maximum absolute atomic E-state index is 12.8. The van der Waals surface area contributed by atoms with Crippen molar-refractivity contribution in [3.05, 3.63) is 60.8 Å². The number of hydrogen-bond donors (Lipinski definition) is 0. The van der Waals surface area contributed by atoms with Crippen LogP contribution >= 0.6 is 0 Å². The van der Waals surface area contributed by atoms with Crippen LogP contribution in [0.25, 0.3) is 0 Å². The Kier molecular flexibility index (Phi) is 48.4. The van der Waals surface area contributed by atoms with Crippen molar-refractivity contribution in [1.29, 1.82) is 0 Å². The summed E-state index contributed by atoms with van der Waals surface area (Å²) in [5.41, 5.74) is 0. The molecule has 0 heterocycles. The normalized spacial score (nSPS) is 12.5. The fourth-order valence-electron chi connectivity index (χ4n) is 7.31. The molecule has 6 heteroatoms. The van der Waals surface area contributed by atoms with Crippen LogP contribution in [0, 0.1) is 0 Å². The van der Waals surface area contributed by atoms with Gasteiger partial charge in [0.1, 0.15) is 13.2 Å². The molecule has 0 spiro atoms. The summed E-state index contributed by atoms with van der Waals surface area (Å²) in [5.74, 6) is -0.936. The predicted octanol–water partition coefficient (Wildman–Crippen LogP) is 17.3. The average Bonchev–Trinajstić information content (AvgIpc) is 3.27. The Hall–Kier alpha value is -2.89. The third kappa shape index (κ3) is 48.1. The van der Waals surface area contributed by atoms with E-state index in [1.54, 1.807) is 0 Å². The lowest BCUT2D eigenvalue weighted by atomic mass is 10.0. The summed E-state index contributed by atoms with van der Waals surface area (Å²) in [6.45, 7) is 6.49. The van der Waals surface area contributed by atoms with Gasteiger partial charge in [0.2, 0.25) is 0 Å². The van der Waals surface area contributed by atoms with Crippen molar-refractivity contribution in [1.82, 2.24) is 0 Å². The van der Waals surface area contributed by atoms with Crippen LogP contribution in [-0.2, 0) is 28.6 Å². The zero-order valence-corrected chi connectivity index (χ0v) is 40.9. The molecule has 0 amide bonds. The summed E-state index contributed by atoms with van der Waals surface area (Å²) in [7, 11) is 0. The summed E-state index contributed by atoms with van der Waals surface area (Å²) in [6, 6.07) is 0. The number of allylic oxidation sites excluding steroid dienone is 10. The van der Waals surface area contributed by atoms with Crippen LogP contribution in [0.2, 0.25) is 0 Å². The summed E-state index contributed by atoms with van der Waals surface area (Å²) in [4.78, 5) is 38.0. The summed E-state index contributed by atoms with van der Waals surface area (Å²) < 4.78 is 16.8. The van der Waals surface area contributed by atoms with Crippen molar-refractivity contribution in [2.45, 2.75) is 264 Å². The minimum absolute atomic E-state index is 0.0915. The van der Waals surface area contributed by atoms with Crippen molar-refractivity contribution in [3.8, 4) is 0 Å². The molecule has 0 aliphatic heterocycles. The van der Waals surface area contributed by atoms with Gasteiger partial charge < -0.3 is 14.2 Å². The first kappa shape index (κ1) is 59.1. The molecule has 0 radical (unpaired) electrons. The standard InChI is InChI=1S/C56H98O6/c1-4-7-10-13-16-19-22-25-27-29-31-34-37-40-43-46-49-55(58)61-52-53(51-60-54(57)48-45-42-39-36-33-30-24-21-18-15-12-9-6-3)62-56(59)50-47-44-41-38-35-32-28-26-23-20-17-14-11-8-5-2/h8,11,17,20,26-29,35,38,53H,4-7,9-10,12-16,18-19,21-25,30-34,36-37,39-52H2,1-3H3/b11-8-,20-17-,28-26-,29-27-,38-35-/t53-/m1/s1. The molecule has 0 rings (SSSR count). The van der Waals surface area contributed by atoms with Crippen molar-refractivity contribution in [3.63, 3.8) is 0 Å². The number of carbonyl (C=O) groups excluding carboxylic acids is 3. The molecule has 0 saturated carbocycles. The quantitative estimate of drug-likeness (QED) is 0.0262. The van der Waals surface area contributed by atoms with E-state index >= 15 is 0 Å². The second-order valence-electron chi connectivity index (χ2n) is 17.4. The van der Waals surface area contributed by atoms with Crippen molar-refractivity contribution >= 4 is 17.9 Å². The van der Waals surface area contributed by atoms with Crippen LogP contribution in [-0.4, -0.2) is 37.2 Å². The van der Waals surface area contributed by atoms with Crippen LogP contribution in [0.3, 0.4) is 0 Å². The Labute approximate surface area is 383 Å². The summed E-state index contributed by atoms with van der Waals surface area (Å²) in [5, 5.41) is 0. The van der Waals surface area contributed by atoms with Crippen molar-refractivity contribution < 1.29 is 28.6 Å². The lowest BCUT2D eigenvalue weighted by Crippen LogP contribution is -2.30. The lowest BCUT2D eigenvalue weighted by molar-refractivity contribution is -0.167. The smallest absolute Gasteiger partial charge is 0.306 e. The maximum atomic E-state index is 12.8. The lowest BCUT2D eigenvalue weighted by Gasteiger charge is -2.18. The Morgan fingerprint density at radius 2 is 0.629 bits per heavy atom. The largest absolute Gasteiger partial charge is 0.462 e. The molecule has 0 bridgehead atoms. The molecule has 1 atom stereocenters. The SMILES string of the molecule is CC/C=C\C/C=C\C/C=C\C/C=C\CCCCC(=O)O[C@@H](COC(=O)CCCCCCC/C=C\CCCCCCCCC)COC(=O)CCCCCCCCCCCCCCC. The fourth-order valence-corrected chi connectivity index (χ4v) is 7.31. The topological polar surface area (TPSA) is 78.9 Å². The van der Waals surface area contributed by atoms with Gasteiger partial charge in [-0.15, -0.1) is 0 Å². The number of rotatable bonds is 47. The third-order valence-electron chi connectivity index (χ3n) is 11.3. The molecular formula is C56H98O6. The number of ether oxygens (including phenoxy) is 3. The molecule has 62 heavy (non-hydrogen) atoms. The van der Waals surface area contributed by atoms with E-state index in [-0.39, 0.29) is 37.5 Å². The second kappa shape index (κ2) is 50.8. The van der Waals surface area contributed by atoms with E-state index in [1.807, 2.05) is 0 Å². The van der Waals surface area contributed by atoms with E-state index in [2.05, 4.69) is 81.5 Å². The third-order valence-corrected chi connectivity index (χ3v) is 11.3. The maximum Gasteiger partial charge on any atom is 0.306 e. The number of carbonyl (C=O) groups is 3. The molecule has 6 nitrogen and oxygen atoms in total. The minimum Gasteiger partial charge on any atom is -0.462 e. The van der Waals surface area contributed by atoms with Crippen LogP contribution < -0.4 is 0 Å². The van der Waals surface area contributed by atoms with Gasteiger partial charge in [-0.1, -0.05) is 216 Å². The van der Waals surface area contributed by atoms with E-state index in [0.717, 1.165) is 83.5 Å².